The van der Waals surface area contributed by atoms with E-state index in [1.54, 1.807) is 6.07 Å². The Morgan fingerprint density at radius 2 is 2.11 bits per heavy atom. The number of phenols is 1. The number of rotatable bonds is 3. The molecule has 1 aromatic carbocycles. The number of likely N-dealkylation sites (tertiary alicyclic amines) is 1. The number of aliphatic hydroxyl groups is 2. The topological polar surface area (TPSA) is 87.0 Å². The van der Waals surface area contributed by atoms with Crippen molar-refractivity contribution >= 4 is 5.78 Å². The molecule has 3 aliphatic carbocycles. The van der Waals surface area contributed by atoms with Gasteiger partial charge in [0, 0.05) is 30.7 Å². The molecule has 2 saturated carbocycles. The maximum absolute atomic E-state index is 12.9. The first-order valence-electron chi connectivity index (χ1n) is 10.6. The number of nitrogens with zero attached hydrogens (tertiary/aromatic N) is 1. The average Bonchev–Trinajstić information content (AvgIpc) is 3.38. The van der Waals surface area contributed by atoms with Gasteiger partial charge >= 0.3 is 0 Å². The van der Waals surface area contributed by atoms with Crippen molar-refractivity contribution in [3.63, 3.8) is 0 Å². The molecule has 6 rings (SSSR count). The lowest BCUT2D eigenvalue weighted by Crippen LogP contribution is -2.80. The van der Waals surface area contributed by atoms with E-state index in [1.807, 2.05) is 0 Å². The summed E-state index contributed by atoms with van der Waals surface area (Å²) in [5.74, 6) is 1.26. The molecule has 2 heterocycles. The van der Waals surface area contributed by atoms with E-state index in [0.717, 1.165) is 34.6 Å². The van der Waals surface area contributed by atoms with Crippen LogP contribution in [0.5, 0.6) is 11.5 Å². The molecule has 28 heavy (non-hydrogen) atoms. The highest BCUT2D eigenvalue weighted by Crippen LogP contribution is 2.65. The van der Waals surface area contributed by atoms with Gasteiger partial charge in [0.2, 0.25) is 0 Å². The van der Waals surface area contributed by atoms with Gasteiger partial charge < -0.3 is 24.5 Å². The molecule has 2 aliphatic heterocycles. The zero-order chi connectivity index (χ0) is 19.5. The molecule has 0 aromatic heterocycles. The molecule has 3 fully saturated rings. The van der Waals surface area contributed by atoms with Crippen molar-refractivity contribution < 1.29 is 29.3 Å². The Balaban J connectivity index is 1.61. The molecule has 6 nitrogen and oxygen atoms in total. The molecule has 0 unspecified atom stereocenters. The number of carbonyl (C=O) groups excluding carboxylic acids is 1. The Morgan fingerprint density at radius 3 is 2.82 bits per heavy atom. The quantitative estimate of drug-likeness (QED) is 0.679. The molecule has 3 N–H and O–H groups in total. The summed E-state index contributed by atoms with van der Waals surface area (Å²) in [5.41, 5.74) is 0.488. The van der Waals surface area contributed by atoms with Gasteiger partial charge in [-0.2, -0.15) is 0 Å². The van der Waals surface area contributed by atoms with Crippen molar-refractivity contribution in [2.24, 2.45) is 5.92 Å². The molecule has 150 valence electrons. The number of quaternary nitrogens is 1. The summed E-state index contributed by atoms with van der Waals surface area (Å²) < 4.78 is 7.02. The van der Waals surface area contributed by atoms with Crippen LogP contribution in [-0.2, 0) is 23.2 Å². The number of Topliss-reactive ketones (excluding diaryl/α,β-unsaturated/α-hetero) is 1. The fraction of sp³-hybridized carbons (Fsp3) is 0.682. The first kappa shape index (κ1) is 17.2. The van der Waals surface area contributed by atoms with Crippen LogP contribution >= 0.6 is 0 Å². The van der Waals surface area contributed by atoms with Crippen molar-refractivity contribution in [1.29, 1.82) is 0 Å². The molecule has 1 aromatic rings. The number of piperidine rings is 1. The van der Waals surface area contributed by atoms with E-state index >= 15 is 0 Å². The van der Waals surface area contributed by atoms with Gasteiger partial charge in [-0.15, -0.1) is 0 Å². The van der Waals surface area contributed by atoms with Gasteiger partial charge in [0.25, 0.3) is 0 Å². The van der Waals surface area contributed by atoms with Crippen molar-refractivity contribution in [3.05, 3.63) is 22.8 Å². The monoisotopic (exact) mass is 386 g/mol. The van der Waals surface area contributed by atoms with Crippen molar-refractivity contribution in [3.8, 4) is 11.5 Å². The summed E-state index contributed by atoms with van der Waals surface area (Å²) in [6, 6.07) is 1.75. The summed E-state index contributed by atoms with van der Waals surface area (Å²) >= 11 is 0. The standard InChI is InChI=1S/C22H27NO5/c1-23(10-12-2-3-12)7-6-21-18-13-8-16(26)14(11-24)19(18)28-20(21)15(25)4-5-22(21,27)17(23)9-13/h8,12,17,20,24,27H,2-7,9-11H2,1H3/p+1/t17-,20-,21-,22+,23+/m0/s1. The third-order valence-electron chi connectivity index (χ3n) is 8.65. The second-order valence-electron chi connectivity index (χ2n) is 10.1. The van der Waals surface area contributed by atoms with E-state index in [1.165, 1.54) is 12.8 Å². The van der Waals surface area contributed by atoms with Crippen molar-refractivity contribution in [2.45, 2.75) is 68.3 Å². The molecule has 6 heteroatoms. The number of aliphatic hydroxyl groups excluding tert-OH is 1. The Hall–Kier alpha value is -1.63. The summed E-state index contributed by atoms with van der Waals surface area (Å²) in [6.07, 6.45) is 4.02. The Labute approximate surface area is 164 Å². The molecule has 5 aliphatic rings. The number of hydrogen-bond acceptors (Lipinski definition) is 5. The van der Waals surface area contributed by atoms with Gasteiger partial charge in [-0.05, 0) is 30.9 Å². The second kappa shape index (κ2) is 5.10. The van der Waals surface area contributed by atoms with Gasteiger partial charge in [-0.25, -0.2) is 0 Å². The predicted octanol–water partition coefficient (Wildman–Crippen LogP) is 1.16. The molecule has 5 atom stereocenters. The van der Waals surface area contributed by atoms with E-state index in [0.29, 0.717) is 37.0 Å². The number of aromatic hydroxyl groups is 1. The highest BCUT2D eigenvalue weighted by atomic mass is 16.5. The summed E-state index contributed by atoms with van der Waals surface area (Å²) in [5, 5.41) is 32.6. The smallest absolute Gasteiger partial charge is 0.174 e. The van der Waals surface area contributed by atoms with Crippen LogP contribution in [0.25, 0.3) is 0 Å². The van der Waals surface area contributed by atoms with Gasteiger partial charge in [0.15, 0.2) is 11.9 Å². The Kier molecular flexibility index (Phi) is 3.14. The molecular weight excluding hydrogens is 358 g/mol. The lowest BCUT2D eigenvalue weighted by Gasteiger charge is -2.64. The number of ketones is 1. The number of likely N-dealkylation sites (N-methyl/N-ethyl adjacent to an activating group) is 1. The summed E-state index contributed by atoms with van der Waals surface area (Å²) in [6.45, 7) is 1.65. The number of carbonyl (C=O) groups is 1. The zero-order valence-electron chi connectivity index (χ0n) is 16.3. The van der Waals surface area contributed by atoms with E-state index in [2.05, 4.69) is 7.05 Å². The van der Waals surface area contributed by atoms with Crippen LogP contribution in [0.4, 0.5) is 0 Å². The molecule has 0 radical (unpaired) electrons. The van der Waals surface area contributed by atoms with Gasteiger partial charge in [0.1, 0.15) is 23.1 Å². The zero-order valence-corrected chi connectivity index (χ0v) is 16.3. The summed E-state index contributed by atoms with van der Waals surface area (Å²) in [7, 11) is 2.27. The lowest BCUT2D eigenvalue weighted by atomic mass is 9.48. The first-order valence-corrected chi connectivity index (χ1v) is 10.6. The minimum atomic E-state index is -0.991. The molecule has 1 saturated heterocycles. The molecule has 0 amide bonds. The number of hydrogen-bond donors (Lipinski definition) is 3. The third-order valence-corrected chi connectivity index (χ3v) is 8.65. The van der Waals surface area contributed by atoms with Crippen LogP contribution in [0.15, 0.2) is 6.07 Å². The number of benzene rings is 1. The fourth-order valence-electron chi connectivity index (χ4n) is 7.22. The second-order valence-corrected chi connectivity index (χ2v) is 10.1. The van der Waals surface area contributed by atoms with Crippen LogP contribution in [0.1, 0.15) is 48.8 Å². The maximum atomic E-state index is 12.9. The SMILES string of the molecule is C[N@+]1(CC2CC2)CC[C@]23c4c5cc(O)c(CO)c4O[C@H]2C(=O)CC[C@@]3(O)[C@@H]1C5. The van der Waals surface area contributed by atoms with Crippen molar-refractivity contribution in [1.82, 2.24) is 0 Å². The van der Waals surface area contributed by atoms with Gasteiger partial charge in [0.05, 0.1) is 37.7 Å². The highest BCUT2D eigenvalue weighted by molar-refractivity contribution is 5.90. The lowest BCUT2D eigenvalue weighted by molar-refractivity contribution is -0.950. The minimum absolute atomic E-state index is 0.00104. The summed E-state index contributed by atoms with van der Waals surface area (Å²) in [4.78, 5) is 12.9. The van der Waals surface area contributed by atoms with Crippen molar-refractivity contribution in [2.75, 3.05) is 20.1 Å². The fourth-order valence-corrected chi connectivity index (χ4v) is 7.22. The first-order chi connectivity index (χ1) is 13.3. The third kappa shape index (κ3) is 1.78. The molecule has 2 bridgehead atoms. The average molecular weight is 386 g/mol. The molecule has 1 spiro atoms. The van der Waals surface area contributed by atoms with E-state index in [-0.39, 0.29) is 24.2 Å². The van der Waals surface area contributed by atoms with Crippen LogP contribution in [-0.4, -0.2) is 63.5 Å². The minimum Gasteiger partial charge on any atom is -0.507 e. The molecular formula is C22H28NO5+. The van der Waals surface area contributed by atoms with E-state index < -0.39 is 17.1 Å². The number of ether oxygens (including phenoxy) is 1. The maximum Gasteiger partial charge on any atom is 0.174 e. The van der Waals surface area contributed by atoms with E-state index in [9.17, 15) is 20.1 Å². The Morgan fingerprint density at radius 1 is 1.32 bits per heavy atom. The van der Waals surface area contributed by atoms with Crippen LogP contribution in [0, 0.1) is 5.92 Å². The largest absolute Gasteiger partial charge is 0.507 e. The van der Waals surface area contributed by atoms with Gasteiger partial charge in [-0.3, -0.25) is 4.79 Å². The predicted molar refractivity (Wildman–Crippen MR) is 100 cm³/mol. The van der Waals surface area contributed by atoms with Crippen LogP contribution in [0.2, 0.25) is 0 Å². The van der Waals surface area contributed by atoms with Gasteiger partial charge in [-0.1, -0.05) is 0 Å². The normalized spacial score (nSPS) is 42.9. The van der Waals surface area contributed by atoms with Crippen LogP contribution < -0.4 is 4.74 Å². The Bertz CT molecular complexity index is 911. The van der Waals surface area contributed by atoms with Crippen LogP contribution in [0.3, 0.4) is 0 Å². The van der Waals surface area contributed by atoms with E-state index in [4.69, 9.17) is 4.74 Å². The highest BCUT2D eigenvalue weighted by Gasteiger charge is 2.76.